The smallest absolute Gasteiger partial charge is 0.387 e. The first-order valence-electron chi connectivity index (χ1n) is 10.5. The van der Waals surface area contributed by atoms with Crippen molar-refractivity contribution in [1.29, 1.82) is 0 Å². The van der Waals surface area contributed by atoms with Crippen LogP contribution in [0.1, 0.15) is 49.2 Å². The molecule has 170 valence electrons. The molecule has 0 atom stereocenters. The zero-order chi connectivity index (χ0) is 23.0. The highest BCUT2D eigenvalue weighted by Gasteiger charge is 2.16. The van der Waals surface area contributed by atoms with Gasteiger partial charge in [-0.05, 0) is 62.7 Å². The Morgan fingerprint density at radius 2 is 1.61 bits per heavy atom. The number of rotatable bonds is 11. The van der Waals surface area contributed by atoms with Crippen LogP contribution in [0.2, 0.25) is 0 Å². The van der Waals surface area contributed by atoms with Crippen molar-refractivity contribution in [1.82, 2.24) is 9.80 Å². The van der Waals surface area contributed by atoms with Gasteiger partial charge in [-0.25, -0.2) is 0 Å². The van der Waals surface area contributed by atoms with Gasteiger partial charge in [0.1, 0.15) is 0 Å². The Kier molecular flexibility index (Phi) is 9.24. The molecule has 7 heteroatoms. The number of carbonyl (C=O) groups is 1. The average Bonchev–Trinajstić information content (AvgIpc) is 2.73. The van der Waals surface area contributed by atoms with E-state index >= 15 is 0 Å². The minimum absolute atomic E-state index is 0.0207. The number of nitrogens with zero attached hydrogens (tertiary/aromatic N) is 2. The first-order chi connectivity index (χ1) is 14.7. The van der Waals surface area contributed by atoms with Crippen molar-refractivity contribution in [2.45, 2.75) is 53.4 Å². The molecule has 0 aliphatic heterocycles. The Morgan fingerprint density at radius 3 is 2.16 bits per heavy atom. The van der Waals surface area contributed by atoms with Gasteiger partial charge in [0, 0.05) is 31.7 Å². The maximum absolute atomic E-state index is 12.8. The summed E-state index contributed by atoms with van der Waals surface area (Å²) in [7, 11) is 1.71. The first kappa shape index (κ1) is 24.6. The van der Waals surface area contributed by atoms with Crippen LogP contribution in [0, 0.1) is 0 Å². The zero-order valence-electron chi connectivity index (χ0n) is 18.9. The van der Waals surface area contributed by atoms with Crippen molar-refractivity contribution < 1.29 is 23.0 Å². The summed E-state index contributed by atoms with van der Waals surface area (Å²) in [4.78, 5) is 16.8. The molecule has 2 aromatic carbocycles. The highest BCUT2D eigenvalue weighted by Crippen LogP contribution is 2.30. The number of ether oxygens (including phenoxy) is 2. The van der Waals surface area contributed by atoms with E-state index in [-0.39, 0.29) is 17.4 Å². The largest absolute Gasteiger partial charge is 0.490 e. The Bertz CT molecular complexity index is 841. The van der Waals surface area contributed by atoms with Crippen LogP contribution in [0.5, 0.6) is 11.5 Å². The third-order valence-corrected chi connectivity index (χ3v) is 5.01. The Morgan fingerprint density at radius 1 is 0.968 bits per heavy atom. The summed E-state index contributed by atoms with van der Waals surface area (Å²) in [5.74, 6) is 0.0949. The van der Waals surface area contributed by atoms with Crippen LogP contribution in [0.15, 0.2) is 42.5 Å². The van der Waals surface area contributed by atoms with Crippen LogP contribution >= 0.6 is 0 Å². The fraction of sp³-hybridized carbons (Fsp3) is 0.458. The van der Waals surface area contributed by atoms with E-state index in [1.54, 1.807) is 31.0 Å². The lowest BCUT2D eigenvalue weighted by Crippen LogP contribution is -2.30. The van der Waals surface area contributed by atoms with Gasteiger partial charge < -0.3 is 14.4 Å². The second-order valence-electron chi connectivity index (χ2n) is 7.61. The van der Waals surface area contributed by atoms with Crippen molar-refractivity contribution in [3.8, 4) is 11.5 Å². The number of halogens is 2. The Balaban J connectivity index is 2.07. The topological polar surface area (TPSA) is 42.0 Å². The van der Waals surface area contributed by atoms with Crippen molar-refractivity contribution in [2.75, 3.05) is 20.2 Å². The quantitative estimate of drug-likeness (QED) is 0.488. The third kappa shape index (κ3) is 7.21. The van der Waals surface area contributed by atoms with Gasteiger partial charge in [0.25, 0.3) is 5.91 Å². The Labute approximate surface area is 183 Å². The number of hydrogen-bond donors (Lipinski definition) is 0. The summed E-state index contributed by atoms with van der Waals surface area (Å²) in [6, 6.07) is 12.8. The maximum Gasteiger partial charge on any atom is 0.387 e. The number of amides is 1. The fourth-order valence-electron chi connectivity index (χ4n) is 3.33. The van der Waals surface area contributed by atoms with Gasteiger partial charge in [-0.15, -0.1) is 0 Å². The lowest BCUT2D eigenvalue weighted by molar-refractivity contribution is -0.0514. The van der Waals surface area contributed by atoms with Crippen molar-refractivity contribution in [3.05, 3.63) is 59.2 Å². The number of hydrogen-bond acceptors (Lipinski definition) is 4. The molecule has 0 N–H and O–H groups in total. The summed E-state index contributed by atoms with van der Waals surface area (Å²) >= 11 is 0. The maximum atomic E-state index is 12.8. The minimum Gasteiger partial charge on any atom is -0.490 e. The van der Waals surface area contributed by atoms with Crippen LogP contribution < -0.4 is 9.47 Å². The molecule has 0 aromatic heterocycles. The van der Waals surface area contributed by atoms with E-state index in [0.29, 0.717) is 24.8 Å². The molecular weight excluding hydrogens is 402 g/mol. The van der Waals surface area contributed by atoms with E-state index in [2.05, 4.69) is 30.4 Å². The molecule has 0 radical (unpaired) electrons. The van der Waals surface area contributed by atoms with E-state index < -0.39 is 6.61 Å². The zero-order valence-corrected chi connectivity index (χ0v) is 18.9. The molecule has 0 fully saturated rings. The summed E-state index contributed by atoms with van der Waals surface area (Å²) in [5, 5.41) is 0. The predicted molar refractivity (Wildman–Crippen MR) is 118 cm³/mol. The highest BCUT2D eigenvalue weighted by molar-refractivity contribution is 5.94. The van der Waals surface area contributed by atoms with Crippen LogP contribution in [0.3, 0.4) is 0 Å². The van der Waals surface area contributed by atoms with E-state index in [1.807, 2.05) is 24.3 Å². The molecule has 0 saturated heterocycles. The SMILES string of the molecule is CCOc1cc(CN(C)C(=O)c2ccc(CN(CC)C(C)C)cc2)ccc1OC(F)F. The van der Waals surface area contributed by atoms with E-state index in [9.17, 15) is 13.6 Å². The van der Waals surface area contributed by atoms with Crippen molar-refractivity contribution in [3.63, 3.8) is 0 Å². The molecule has 0 unspecified atom stereocenters. The average molecular weight is 435 g/mol. The number of carbonyl (C=O) groups excluding carboxylic acids is 1. The van der Waals surface area contributed by atoms with Gasteiger partial charge in [-0.1, -0.05) is 25.1 Å². The van der Waals surface area contributed by atoms with Crippen LogP contribution in [0.4, 0.5) is 8.78 Å². The summed E-state index contributed by atoms with van der Waals surface area (Å²) in [5.41, 5.74) is 2.51. The van der Waals surface area contributed by atoms with E-state index in [0.717, 1.165) is 24.2 Å². The van der Waals surface area contributed by atoms with Crippen LogP contribution in [-0.4, -0.2) is 48.6 Å². The number of benzene rings is 2. The Hall–Kier alpha value is -2.67. The fourth-order valence-corrected chi connectivity index (χ4v) is 3.33. The van der Waals surface area contributed by atoms with Crippen molar-refractivity contribution in [2.24, 2.45) is 0 Å². The molecule has 0 heterocycles. The summed E-state index contributed by atoms with van der Waals surface area (Å²) in [6.45, 7) is 7.73. The monoisotopic (exact) mass is 434 g/mol. The normalized spacial score (nSPS) is 11.3. The molecule has 5 nitrogen and oxygen atoms in total. The molecular formula is C24H32F2N2O3. The summed E-state index contributed by atoms with van der Waals surface area (Å²) < 4.78 is 35.0. The van der Waals surface area contributed by atoms with Gasteiger partial charge in [-0.3, -0.25) is 9.69 Å². The van der Waals surface area contributed by atoms with Gasteiger partial charge in [0.2, 0.25) is 0 Å². The van der Waals surface area contributed by atoms with Gasteiger partial charge in [0.05, 0.1) is 6.61 Å². The van der Waals surface area contributed by atoms with Crippen molar-refractivity contribution >= 4 is 5.91 Å². The van der Waals surface area contributed by atoms with E-state index in [4.69, 9.17) is 4.74 Å². The number of alkyl halides is 2. The lowest BCUT2D eigenvalue weighted by Gasteiger charge is -2.25. The predicted octanol–water partition coefficient (Wildman–Crippen LogP) is 5.19. The second-order valence-corrected chi connectivity index (χ2v) is 7.61. The molecule has 2 rings (SSSR count). The minimum atomic E-state index is -2.93. The van der Waals surface area contributed by atoms with Crippen LogP contribution in [0.25, 0.3) is 0 Å². The van der Waals surface area contributed by atoms with E-state index in [1.165, 1.54) is 6.07 Å². The molecule has 2 aromatic rings. The molecule has 31 heavy (non-hydrogen) atoms. The van der Waals surface area contributed by atoms with Crippen LogP contribution in [-0.2, 0) is 13.1 Å². The van der Waals surface area contributed by atoms with Gasteiger partial charge in [0.15, 0.2) is 11.5 Å². The standard InChI is InChI=1S/C24H32F2N2O3/c1-6-28(17(3)4)16-18-8-11-20(12-9-18)23(29)27(5)15-19-10-13-21(31-24(25)26)22(14-19)30-7-2/h8-14,17,24H,6-7,15-16H2,1-5H3. The second kappa shape index (κ2) is 11.6. The van der Waals surface area contributed by atoms with Gasteiger partial charge in [-0.2, -0.15) is 8.78 Å². The summed E-state index contributed by atoms with van der Waals surface area (Å²) in [6.07, 6.45) is 0. The molecule has 0 aliphatic carbocycles. The molecule has 0 aliphatic rings. The molecule has 0 bridgehead atoms. The first-order valence-corrected chi connectivity index (χ1v) is 10.5. The lowest BCUT2D eigenvalue weighted by atomic mass is 10.1. The highest BCUT2D eigenvalue weighted by atomic mass is 19.3. The molecule has 1 amide bonds. The molecule has 0 saturated carbocycles. The van der Waals surface area contributed by atoms with Gasteiger partial charge >= 0.3 is 6.61 Å². The third-order valence-electron chi connectivity index (χ3n) is 5.01. The molecule has 0 spiro atoms.